The first-order valence-corrected chi connectivity index (χ1v) is 5.98. The molecule has 2 N–H and O–H groups in total. The quantitative estimate of drug-likeness (QED) is 0.801. The Morgan fingerprint density at radius 3 is 2.44 bits per heavy atom. The monoisotopic (exact) mass is 251 g/mol. The van der Waals surface area contributed by atoms with Crippen LogP contribution in [0.25, 0.3) is 0 Å². The number of rotatable bonds is 4. The van der Waals surface area contributed by atoms with Gasteiger partial charge >= 0.3 is 5.97 Å². The molecule has 1 aliphatic carbocycles. The van der Waals surface area contributed by atoms with Crippen LogP contribution in [0.3, 0.4) is 0 Å². The van der Waals surface area contributed by atoms with Crippen LogP contribution in [0.2, 0.25) is 0 Å². The molecule has 18 heavy (non-hydrogen) atoms. The molecule has 5 heteroatoms. The lowest BCUT2D eigenvalue weighted by atomic mass is 10.0. The zero-order valence-corrected chi connectivity index (χ0v) is 10.7. The van der Waals surface area contributed by atoms with Crippen LogP contribution < -0.4 is 5.32 Å². The van der Waals surface area contributed by atoms with E-state index in [4.69, 9.17) is 9.52 Å². The third kappa shape index (κ3) is 2.00. The molecule has 0 radical (unpaired) electrons. The highest BCUT2D eigenvalue weighted by Crippen LogP contribution is 2.46. The van der Waals surface area contributed by atoms with Crippen LogP contribution >= 0.6 is 0 Å². The average molecular weight is 251 g/mol. The van der Waals surface area contributed by atoms with Gasteiger partial charge in [0.2, 0.25) is 5.91 Å². The van der Waals surface area contributed by atoms with Gasteiger partial charge in [0.25, 0.3) is 0 Å². The van der Waals surface area contributed by atoms with Gasteiger partial charge in [-0.15, -0.1) is 0 Å². The van der Waals surface area contributed by atoms with Crippen LogP contribution in [0.5, 0.6) is 0 Å². The molecule has 5 nitrogen and oxygen atoms in total. The highest BCUT2D eigenvalue weighted by Gasteiger charge is 2.57. The highest BCUT2D eigenvalue weighted by molar-refractivity contribution is 6.04. The van der Waals surface area contributed by atoms with Gasteiger partial charge in [-0.2, -0.15) is 0 Å². The normalized spacial score (nSPS) is 18.2. The number of carbonyl (C=O) groups is 2. The summed E-state index contributed by atoms with van der Waals surface area (Å²) in [5.74, 6) is 0.0940. The Morgan fingerprint density at radius 1 is 1.44 bits per heavy atom. The molecule has 0 bridgehead atoms. The fourth-order valence-electron chi connectivity index (χ4n) is 2.16. The Kier molecular flexibility index (Phi) is 2.92. The number of carboxylic acid groups (broad SMARTS) is 1. The van der Waals surface area contributed by atoms with E-state index in [2.05, 4.69) is 5.32 Å². The Balaban J connectivity index is 2.08. The Morgan fingerprint density at radius 2 is 2.06 bits per heavy atom. The van der Waals surface area contributed by atoms with Gasteiger partial charge in [-0.25, -0.2) is 0 Å². The van der Waals surface area contributed by atoms with E-state index in [1.807, 2.05) is 26.8 Å². The number of nitrogens with one attached hydrogen (secondary N) is 1. The summed E-state index contributed by atoms with van der Waals surface area (Å²) in [4.78, 5) is 23.0. The van der Waals surface area contributed by atoms with Crippen molar-refractivity contribution in [2.24, 2.45) is 5.41 Å². The predicted octanol–water partition coefficient (Wildman–Crippen LogP) is 1.94. The summed E-state index contributed by atoms with van der Waals surface area (Å²) in [6, 6.07) is 1.62. The van der Waals surface area contributed by atoms with Crippen LogP contribution in [0.15, 0.2) is 10.5 Å². The second-order valence-electron chi connectivity index (χ2n) is 4.95. The first-order chi connectivity index (χ1) is 8.36. The van der Waals surface area contributed by atoms with Crippen molar-refractivity contribution in [2.45, 2.75) is 39.7 Å². The zero-order valence-electron chi connectivity index (χ0n) is 10.7. The summed E-state index contributed by atoms with van der Waals surface area (Å²) in [5.41, 5.74) is -0.303. The van der Waals surface area contributed by atoms with Gasteiger partial charge in [0.05, 0.1) is 6.04 Å². The number of amides is 1. The molecule has 1 aromatic heterocycles. The fraction of sp³-hybridized carbons (Fsp3) is 0.538. The number of furan rings is 1. The van der Waals surface area contributed by atoms with Crippen molar-refractivity contribution in [3.05, 3.63) is 23.2 Å². The summed E-state index contributed by atoms with van der Waals surface area (Å²) in [6.07, 6.45) is 0.842. The van der Waals surface area contributed by atoms with Crippen molar-refractivity contribution in [1.29, 1.82) is 0 Å². The van der Waals surface area contributed by atoms with Crippen LogP contribution in [-0.2, 0) is 9.59 Å². The first kappa shape index (κ1) is 12.7. The number of aliphatic carboxylic acids is 1. The van der Waals surface area contributed by atoms with Gasteiger partial charge in [-0.1, -0.05) is 0 Å². The van der Waals surface area contributed by atoms with E-state index in [1.165, 1.54) is 0 Å². The molecule has 0 aliphatic heterocycles. The standard InChI is InChI=1S/C13H17NO4/c1-7-6-10(9(3)18-7)8(2)14-11(15)13(4-5-13)12(16)17/h6,8H,4-5H2,1-3H3,(H,14,15)(H,16,17)/t8-/m0/s1. The van der Waals surface area contributed by atoms with Gasteiger partial charge in [0.15, 0.2) is 0 Å². The van der Waals surface area contributed by atoms with Crippen molar-refractivity contribution >= 4 is 11.9 Å². The van der Waals surface area contributed by atoms with Crippen LogP contribution in [-0.4, -0.2) is 17.0 Å². The number of carbonyl (C=O) groups excluding carboxylic acids is 1. The summed E-state index contributed by atoms with van der Waals surface area (Å²) in [7, 11) is 0. The molecule has 1 aromatic rings. The van der Waals surface area contributed by atoms with E-state index in [9.17, 15) is 9.59 Å². The minimum absolute atomic E-state index is 0.244. The van der Waals surface area contributed by atoms with Gasteiger partial charge in [0.1, 0.15) is 16.9 Å². The highest BCUT2D eigenvalue weighted by atomic mass is 16.4. The van der Waals surface area contributed by atoms with Crippen molar-refractivity contribution in [3.63, 3.8) is 0 Å². The minimum atomic E-state index is -1.19. The fourth-order valence-corrected chi connectivity index (χ4v) is 2.16. The molecule has 1 saturated carbocycles. The van der Waals surface area contributed by atoms with E-state index in [-0.39, 0.29) is 6.04 Å². The molecule has 0 aromatic carbocycles. The van der Waals surface area contributed by atoms with E-state index < -0.39 is 17.3 Å². The molecule has 1 amide bonds. The van der Waals surface area contributed by atoms with Crippen molar-refractivity contribution in [3.8, 4) is 0 Å². The Bertz CT molecular complexity index is 499. The van der Waals surface area contributed by atoms with Crippen LogP contribution in [0, 0.1) is 19.3 Å². The molecular formula is C13H17NO4. The van der Waals surface area contributed by atoms with E-state index >= 15 is 0 Å². The van der Waals surface area contributed by atoms with E-state index in [0.717, 1.165) is 17.1 Å². The van der Waals surface area contributed by atoms with Gasteiger partial charge in [-0.05, 0) is 39.7 Å². The summed E-state index contributed by atoms with van der Waals surface area (Å²) in [6.45, 7) is 5.49. The summed E-state index contributed by atoms with van der Waals surface area (Å²) >= 11 is 0. The molecule has 2 rings (SSSR count). The molecule has 0 saturated heterocycles. The second-order valence-corrected chi connectivity index (χ2v) is 4.95. The molecule has 1 aliphatic rings. The molecular weight excluding hydrogens is 234 g/mol. The number of hydrogen-bond acceptors (Lipinski definition) is 3. The van der Waals surface area contributed by atoms with Gasteiger partial charge in [0, 0.05) is 5.56 Å². The van der Waals surface area contributed by atoms with Gasteiger partial charge in [-0.3, -0.25) is 9.59 Å². The molecule has 0 unspecified atom stereocenters. The number of carboxylic acids is 1. The molecule has 1 fully saturated rings. The van der Waals surface area contributed by atoms with Crippen LogP contribution in [0.1, 0.15) is 42.9 Å². The Hall–Kier alpha value is -1.78. The maximum Gasteiger partial charge on any atom is 0.319 e. The predicted molar refractivity (Wildman–Crippen MR) is 64.0 cm³/mol. The molecule has 0 spiro atoms. The maximum atomic E-state index is 11.9. The van der Waals surface area contributed by atoms with E-state index in [1.54, 1.807) is 0 Å². The largest absolute Gasteiger partial charge is 0.480 e. The van der Waals surface area contributed by atoms with Crippen molar-refractivity contribution in [2.75, 3.05) is 0 Å². The van der Waals surface area contributed by atoms with Crippen LogP contribution in [0.4, 0.5) is 0 Å². The smallest absolute Gasteiger partial charge is 0.319 e. The zero-order chi connectivity index (χ0) is 13.5. The van der Waals surface area contributed by atoms with Crippen molar-refractivity contribution < 1.29 is 19.1 Å². The number of hydrogen-bond donors (Lipinski definition) is 2. The third-order valence-corrected chi connectivity index (χ3v) is 3.49. The third-order valence-electron chi connectivity index (χ3n) is 3.49. The lowest BCUT2D eigenvalue weighted by molar-refractivity contribution is -0.149. The maximum absolute atomic E-state index is 11.9. The number of aryl methyl sites for hydroxylation is 2. The Labute approximate surface area is 105 Å². The topological polar surface area (TPSA) is 79.5 Å². The minimum Gasteiger partial charge on any atom is -0.480 e. The SMILES string of the molecule is Cc1cc([C@H](C)NC(=O)C2(C(=O)O)CC2)c(C)o1. The molecule has 98 valence electrons. The first-order valence-electron chi connectivity index (χ1n) is 5.98. The molecule has 1 heterocycles. The van der Waals surface area contributed by atoms with Gasteiger partial charge < -0.3 is 14.8 Å². The average Bonchev–Trinajstić information content (AvgIpc) is 3.00. The lowest BCUT2D eigenvalue weighted by Gasteiger charge is -2.16. The van der Waals surface area contributed by atoms with Crippen molar-refractivity contribution in [1.82, 2.24) is 5.32 Å². The lowest BCUT2D eigenvalue weighted by Crippen LogP contribution is -2.38. The van der Waals surface area contributed by atoms with E-state index in [0.29, 0.717) is 12.8 Å². The summed E-state index contributed by atoms with van der Waals surface area (Å²) in [5, 5.41) is 11.8. The second kappa shape index (κ2) is 4.15. The molecule has 1 atom stereocenters. The summed E-state index contributed by atoms with van der Waals surface area (Å²) < 4.78 is 5.40.